The Hall–Kier alpha value is -1.61. The first kappa shape index (κ1) is 10.5. The number of hydrogen-bond donors (Lipinski definition) is 0. The van der Waals surface area contributed by atoms with Gasteiger partial charge in [0.2, 0.25) is 0 Å². The van der Waals surface area contributed by atoms with Crippen LogP contribution >= 0.6 is 11.6 Å². The summed E-state index contributed by atoms with van der Waals surface area (Å²) in [6.45, 7) is 0. The summed E-state index contributed by atoms with van der Waals surface area (Å²) in [4.78, 5) is 11.2. The summed E-state index contributed by atoms with van der Waals surface area (Å²) in [5, 5.41) is 5.15. The number of carbonyl (C=O) groups excluding carboxylic acids is 1. The molecular formula is C13H11ClN2O. The largest absolute Gasteiger partial charge is 0.296 e. The lowest BCUT2D eigenvalue weighted by Crippen LogP contribution is -2.03. The van der Waals surface area contributed by atoms with Crippen LogP contribution in [-0.2, 0) is 12.8 Å². The van der Waals surface area contributed by atoms with Gasteiger partial charge in [-0.25, -0.2) is 4.68 Å². The Labute approximate surface area is 104 Å². The molecule has 1 aliphatic rings. The Morgan fingerprint density at radius 1 is 1.35 bits per heavy atom. The molecule has 0 fully saturated rings. The van der Waals surface area contributed by atoms with Gasteiger partial charge in [-0.1, -0.05) is 17.7 Å². The van der Waals surface area contributed by atoms with Crippen molar-refractivity contribution in [2.75, 3.05) is 0 Å². The minimum Gasteiger partial charge on any atom is -0.296 e. The number of aldehydes is 1. The average molecular weight is 247 g/mol. The lowest BCUT2D eigenvalue weighted by Gasteiger charge is -2.05. The summed E-state index contributed by atoms with van der Waals surface area (Å²) >= 11 is 5.96. The normalized spacial score (nSPS) is 13.7. The molecule has 1 aromatic heterocycles. The van der Waals surface area contributed by atoms with Crippen LogP contribution in [0.15, 0.2) is 24.3 Å². The number of fused-ring (bicyclic) bond motifs is 1. The molecular weight excluding hydrogens is 236 g/mol. The number of carbonyl (C=O) groups is 1. The van der Waals surface area contributed by atoms with Crippen LogP contribution < -0.4 is 0 Å². The molecule has 17 heavy (non-hydrogen) atoms. The van der Waals surface area contributed by atoms with Crippen molar-refractivity contribution < 1.29 is 4.79 Å². The second-order valence-electron chi connectivity index (χ2n) is 4.17. The summed E-state index contributed by atoms with van der Waals surface area (Å²) in [5.74, 6) is 0. The summed E-state index contributed by atoms with van der Waals surface area (Å²) in [5.41, 5.74) is 3.65. The maximum atomic E-state index is 11.2. The van der Waals surface area contributed by atoms with Crippen molar-refractivity contribution >= 4 is 17.9 Å². The first-order valence-electron chi connectivity index (χ1n) is 5.61. The zero-order chi connectivity index (χ0) is 11.8. The Balaban J connectivity index is 2.18. The highest BCUT2D eigenvalue weighted by molar-refractivity contribution is 6.30. The Bertz CT molecular complexity index is 589. The molecule has 0 spiro atoms. The summed E-state index contributed by atoms with van der Waals surface area (Å²) in [7, 11) is 0. The van der Waals surface area contributed by atoms with Crippen LogP contribution in [0.2, 0.25) is 5.02 Å². The molecule has 3 nitrogen and oxygen atoms in total. The topological polar surface area (TPSA) is 34.9 Å². The predicted octanol–water partition coefficient (Wildman–Crippen LogP) is 2.83. The number of halogens is 1. The SMILES string of the molecule is O=Cc1c2c(nn1-c1cccc(Cl)c1)CCC2. The van der Waals surface area contributed by atoms with Gasteiger partial charge in [0.05, 0.1) is 11.4 Å². The molecule has 0 radical (unpaired) electrons. The van der Waals surface area contributed by atoms with Crippen molar-refractivity contribution in [2.24, 2.45) is 0 Å². The fourth-order valence-electron chi connectivity index (χ4n) is 2.34. The van der Waals surface area contributed by atoms with Gasteiger partial charge >= 0.3 is 0 Å². The van der Waals surface area contributed by atoms with Gasteiger partial charge in [0.1, 0.15) is 5.69 Å². The molecule has 0 unspecified atom stereocenters. The van der Waals surface area contributed by atoms with Gasteiger partial charge in [0.25, 0.3) is 0 Å². The molecule has 3 rings (SSSR count). The van der Waals surface area contributed by atoms with E-state index in [4.69, 9.17) is 11.6 Å². The maximum absolute atomic E-state index is 11.2. The molecule has 2 aromatic rings. The fourth-order valence-corrected chi connectivity index (χ4v) is 2.53. The Morgan fingerprint density at radius 2 is 2.24 bits per heavy atom. The van der Waals surface area contributed by atoms with Crippen molar-refractivity contribution in [2.45, 2.75) is 19.3 Å². The molecule has 0 bridgehead atoms. The predicted molar refractivity (Wildman–Crippen MR) is 66.0 cm³/mol. The first-order chi connectivity index (χ1) is 8.29. The highest BCUT2D eigenvalue weighted by Gasteiger charge is 2.22. The fraction of sp³-hybridized carbons (Fsp3) is 0.231. The van der Waals surface area contributed by atoms with E-state index in [1.165, 1.54) is 0 Å². The molecule has 0 saturated heterocycles. The number of rotatable bonds is 2. The molecule has 1 aliphatic carbocycles. The number of nitrogens with zero attached hydrogens (tertiary/aromatic N) is 2. The Kier molecular flexibility index (Phi) is 2.48. The smallest absolute Gasteiger partial charge is 0.168 e. The van der Waals surface area contributed by atoms with Crippen LogP contribution in [0.4, 0.5) is 0 Å². The van der Waals surface area contributed by atoms with E-state index in [1.807, 2.05) is 24.3 Å². The molecule has 0 amide bonds. The number of aryl methyl sites for hydroxylation is 1. The molecule has 4 heteroatoms. The van der Waals surface area contributed by atoms with Gasteiger partial charge in [-0.05, 0) is 37.5 Å². The maximum Gasteiger partial charge on any atom is 0.168 e. The zero-order valence-corrected chi connectivity index (χ0v) is 9.94. The standard InChI is InChI=1S/C13H11ClN2O/c14-9-3-1-4-10(7-9)16-13(8-17)11-5-2-6-12(11)15-16/h1,3-4,7-8H,2,5-6H2. The van der Waals surface area contributed by atoms with Gasteiger partial charge in [-0.3, -0.25) is 4.79 Å². The molecule has 0 aliphatic heterocycles. The number of aromatic nitrogens is 2. The second-order valence-corrected chi connectivity index (χ2v) is 4.61. The van der Waals surface area contributed by atoms with Crippen LogP contribution in [-0.4, -0.2) is 16.1 Å². The third kappa shape index (κ3) is 1.67. The van der Waals surface area contributed by atoms with E-state index < -0.39 is 0 Å². The van der Waals surface area contributed by atoms with Crippen molar-refractivity contribution in [1.82, 2.24) is 9.78 Å². The molecule has 1 heterocycles. The van der Waals surface area contributed by atoms with E-state index in [-0.39, 0.29) is 0 Å². The van der Waals surface area contributed by atoms with Gasteiger partial charge in [0.15, 0.2) is 6.29 Å². The van der Waals surface area contributed by atoms with Crippen molar-refractivity contribution in [3.63, 3.8) is 0 Å². The molecule has 0 saturated carbocycles. The first-order valence-corrected chi connectivity index (χ1v) is 5.99. The van der Waals surface area contributed by atoms with E-state index in [0.717, 1.165) is 42.5 Å². The van der Waals surface area contributed by atoms with Gasteiger partial charge < -0.3 is 0 Å². The van der Waals surface area contributed by atoms with E-state index >= 15 is 0 Å². The minimum atomic E-state index is 0.648. The lowest BCUT2D eigenvalue weighted by molar-refractivity contribution is 0.111. The van der Waals surface area contributed by atoms with E-state index in [2.05, 4.69) is 5.10 Å². The molecule has 0 N–H and O–H groups in total. The van der Waals surface area contributed by atoms with Crippen LogP contribution in [0.5, 0.6) is 0 Å². The summed E-state index contributed by atoms with van der Waals surface area (Å²) in [6, 6.07) is 7.39. The van der Waals surface area contributed by atoms with Gasteiger partial charge in [-0.15, -0.1) is 0 Å². The van der Waals surface area contributed by atoms with E-state index in [0.29, 0.717) is 10.7 Å². The summed E-state index contributed by atoms with van der Waals surface area (Å²) < 4.78 is 1.70. The lowest BCUT2D eigenvalue weighted by atomic mass is 10.2. The third-order valence-electron chi connectivity index (χ3n) is 3.11. The van der Waals surface area contributed by atoms with Crippen molar-refractivity contribution in [1.29, 1.82) is 0 Å². The molecule has 86 valence electrons. The highest BCUT2D eigenvalue weighted by atomic mass is 35.5. The van der Waals surface area contributed by atoms with Crippen LogP contribution in [0, 0.1) is 0 Å². The number of hydrogen-bond acceptors (Lipinski definition) is 2. The molecule has 0 atom stereocenters. The van der Waals surface area contributed by atoms with E-state index in [1.54, 1.807) is 4.68 Å². The van der Waals surface area contributed by atoms with Crippen LogP contribution in [0.1, 0.15) is 28.2 Å². The second kappa shape index (κ2) is 4.00. The van der Waals surface area contributed by atoms with Crippen LogP contribution in [0.3, 0.4) is 0 Å². The van der Waals surface area contributed by atoms with E-state index in [9.17, 15) is 4.79 Å². The van der Waals surface area contributed by atoms with Crippen LogP contribution in [0.25, 0.3) is 5.69 Å². The quantitative estimate of drug-likeness (QED) is 0.764. The van der Waals surface area contributed by atoms with Gasteiger partial charge in [0, 0.05) is 10.6 Å². The Morgan fingerprint density at radius 3 is 3.00 bits per heavy atom. The van der Waals surface area contributed by atoms with Crippen molar-refractivity contribution in [3.05, 3.63) is 46.2 Å². The zero-order valence-electron chi connectivity index (χ0n) is 9.19. The average Bonchev–Trinajstić information content (AvgIpc) is 2.88. The molecule has 1 aromatic carbocycles. The van der Waals surface area contributed by atoms with Crippen molar-refractivity contribution in [3.8, 4) is 5.69 Å². The third-order valence-corrected chi connectivity index (χ3v) is 3.35. The minimum absolute atomic E-state index is 0.648. The highest BCUT2D eigenvalue weighted by Crippen LogP contribution is 2.26. The summed E-state index contributed by atoms with van der Waals surface area (Å²) in [6.07, 6.45) is 3.89. The monoisotopic (exact) mass is 246 g/mol. The number of benzene rings is 1. The van der Waals surface area contributed by atoms with Gasteiger partial charge in [-0.2, -0.15) is 5.10 Å².